The van der Waals surface area contributed by atoms with Crippen molar-refractivity contribution in [2.75, 3.05) is 12.4 Å². The molecule has 0 bridgehead atoms. The molecule has 82 valence electrons. The standard InChI is InChI=1S/C12H22OS/c14-10-12(7-4-8-12)9-13-11-5-2-1-3-6-11/h11,14H,1-10H2. The highest BCUT2D eigenvalue weighted by Crippen LogP contribution is 2.42. The number of hydrogen-bond acceptors (Lipinski definition) is 2. The van der Waals surface area contributed by atoms with Crippen LogP contribution in [0, 0.1) is 5.41 Å². The van der Waals surface area contributed by atoms with Crippen LogP contribution in [-0.2, 0) is 4.74 Å². The first-order valence-electron chi connectivity index (χ1n) is 6.07. The molecular weight excluding hydrogens is 192 g/mol. The maximum Gasteiger partial charge on any atom is 0.0575 e. The Morgan fingerprint density at radius 3 is 2.29 bits per heavy atom. The lowest BCUT2D eigenvalue weighted by Crippen LogP contribution is -2.38. The van der Waals surface area contributed by atoms with Gasteiger partial charge in [0.15, 0.2) is 0 Å². The Bertz CT molecular complexity index is 166. The minimum absolute atomic E-state index is 0.459. The van der Waals surface area contributed by atoms with Gasteiger partial charge in [-0.05, 0) is 31.4 Å². The van der Waals surface area contributed by atoms with Gasteiger partial charge < -0.3 is 4.74 Å². The Morgan fingerprint density at radius 2 is 1.79 bits per heavy atom. The van der Waals surface area contributed by atoms with E-state index in [2.05, 4.69) is 12.6 Å². The van der Waals surface area contributed by atoms with E-state index in [9.17, 15) is 0 Å². The molecule has 0 aliphatic heterocycles. The van der Waals surface area contributed by atoms with Crippen molar-refractivity contribution in [1.82, 2.24) is 0 Å². The smallest absolute Gasteiger partial charge is 0.0575 e. The van der Waals surface area contributed by atoms with Gasteiger partial charge in [-0.15, -0.1) is 0 Å². The minimum Gasteiger partial charge on any atom is -0.378 e. The number of thiol groups is 1. The van der Waals surface area contributed by atoms with Crippen molar-refractivity contribution < 1.29 is 4.74 Å². The summed E-state index contributed by atoms with van der Waals surface area (Å²) in [5.41, 5.74) is 0.459. The molecule has 0 unspecified atom stereocenters. The van der Waals surface area contributed by atoms with E-state index < -0.39 is 0 Å². The van der Waals surface area contributed by atoms with Crippen LogP contribution in [0.25, 0.3) is 0 Å². The molecule has 0 amide bonds. The summed E-state index contributed by atoms with van der Waals surface area (Å²) < 4.78 is 6.03. The van der Waals surface area contributed by atoms with Crippen molar-refractivity contribution in [3.63, 3.8) is 0 Å². The Kier molecular flexibility index (Phi) is 3.78. The highest BCUT2D eigenvalue weighted by Gasteiger charge is 2.36. The lowest BCUT2D eigenvalue weighted by molar-refractivity contribution is -0.0449. The molecule has 1 nitrogen and oxygen atoms in total. The van der Waals surface area contributed by atoms with Crippen molar-refractivity contribution in [2.45, 2.75) is 57.5 Å². The summed E-state index contributed by atoms with van der Waals surface area (Å²) in [5.74, 6) is 1.01. The quantitative estimate of drug-likeness (QED) is 0.705. The third-order valence-corrected chi connectivity index (χ3v) is 4.60. The normalized spacial score (nSPS) is 27.2. The average molecular weight is 214 g/mol. The summed E-state index contributed by atoms with van der Waals surface area (Å²) in [6.45, 7) is 0.973. The number of hydrogen-bond donors (Lipinski definition) is 1. The first-order chi connectivity index (χ1) is 6.85. The van der Waals surface area contributed by atoms with E-state index in [1.54, 1.807) is 0 Å². The van der Waals surface area contributed by atoms with Crippen LogP contribution in [0.1, 0.15) is 51.4 Å². The van der Waals surface area contributed by atoms with Gasteiger partial charge in [0.2, 0.25) is 0 Å². The predicted molar refractivity (Wildman–Crippen MR) is 63.0 cm³/mol. The fourth-order valence-electron chi connectivity index (χ4n) is 2.55. The van der Waals surface area contributed by atoms with Crippen LogP contribution >= 0.6 is 12.6 Å². The van der Waals surface area contributed by atoms with E-state index >= 15 is 0 Å². The molecule has 2 fully saturated rings. The molecule has 0 atom stereocenters. The molecule has 14 heavy (non-hydrogen) atoms. The van der Waals surface area contributed by atoms with Crippen LogP contribution in [0.5, 0.6) is 0 Å². The zero-order valence-corrected chi connectivity index (χ0v) is 9.90. The highest BCUT2D eigenvalue weighted by molar-refractivity contribution is 7.80. The summed E-state index contributed by atoms with van der Waals surface area (Å²) in [5, 5.41) is 0. The highest BCUT2D eigenvalue weighted by atomic mass is 32.1. The molecule has 0 aromatic rings. The van der Waals surface area contributed by atoms with Gasteiger partial charge in [0.1, 0.15) is 0 Å². The van der Waals surface area contributed by atoms with Crippen LogP contribution in [-0.4, -0.2) is 18.5 Å². The van der Waals surface area contributed by atoms with E-state index in [1.807, 2.05) is 0 Å². The topological polar surface area (TPSA) is 9.23 Å². The van der Waals surface area contributed by atoms with Crippen LogP contribution in [0.4, 0.5) is 0 Å². The second-order valence-electron chi connectivity index (χ2n) is 5.08. The summed E-state index contributed by atoms with van der Waals surface area (Å²) in [4.78, 5) is 0. The van der Waals surface area contributed by atoms with Crippen LogP contribution < -0.4 is 0 Å². The maximum atomic E-state index is 6.03. The Hall–Kier alpha value is 0.310. The summed E-state index contributed by atoms with van der Waals surface area (Å²) >= 11 is 4.45. The fraction of sp³-hybridized carbons (Fsp3) is 1.00. The molecule has 0 aromatic carbocycles. The van der Waals surface area contributed by atoms with Gasteiger partial charge in [-0.3, -0.25) is 0 Å². The van der Waals surface area contributed by atoms with Crippen molar-refractivity contribution in [1.29, 1.82) is 0 Å². The Morgan fingerprint density at radius 1 is 1.07 bits per heavy atom. The van der Waals surface area contributed by atoms with Crippen molar-refractivity contribution >= 4 is 12.6 Å². The van der Waals surface area contributed by atoms with Crippen LogP contribution in [0.15, 0.2) is 0 Å². The van der Waals surface area contributed by atoms with E-state index in [0.29, 0.717) is 11.5 Å². The molecule has 0 heterocycles. The van der Waals surface area contributed by atoms with Crippen molar-refractivity contribution in [3.8, 4) is 0 Å². The largest absolute Gasteiger partial charge is 0.378 e. The lowest BCUT2D eigenvalue weighted by Gasteiger charge is -2.41. The van der Waals surface area contributed by atoms with Gasteiger partial charge in [0.05, 0.1) is 12.7 Å². The van der Waals surface area contributed by atoms with Gasteiger partial charge in [-0.25, -0.2) is 0 Å². The predicted octanol–water partition coefficient (Wildman–Crippen LogP) is 3.44. The molecular formula is C12H22OS. The van der Waals surface area contributed by atoms with Crippen LogP contribution in [0.2, 0.25) is 0 Å². The minimum atomic E-state index is 0.459. The molecule has 2 rings (SSSR count). The van der Waals surface area contributed by atoms with Gasteiger partial charge in [0, 0.05) is 5.41 Å². The van der Waals surface area contributed by atoms with E-state index in [-0.39, 0.29) is 0 Å². The van der Waals surface area contributed by atoms with Crippen LogP contribution in [0.3, 0.4) is 0 Å². The molecule has 2 aliphatic carbocycles. The molecule has 2 saturated carbocycles. The molecule has 0 N–H and O–H groups in total. The first-order valence-corrected chi connectivity index (χ1v) is 6.70. The fourth-order valence-corrected chi connectivity index (χ4v) is 2.96. The maximum absolute atomic E-state index is 6.03. The SMILES string of the molecule is SCC1(COC2CCCCC2)CCC1. The summed E-state index contributed by atoms with van der Waals surface area (Å²) in [6.07, 6.45) is 11.4. The Balaban J connectivity index is 1.69. The lowest BCUT2D eigenvalue weighted by atomic mass is 9.71. The van der Waals surface area contributed by atoms with Gasteiger partial charge >= 0.3 is 0 Å². The molecule has 0 spiro atoms. The van der Waals surface area contributed by atoms with Gasteiger partial charge in [0.25, 0.3) is 0 Å². The molecule has 0 radical (unpaired) electrons. The van der Waals surface area contributed by atoms with E-state index in [4.69, 9.17) is 4.74 Å². The second kappa shape index (κ2) is 4.89. The monoisotopic (exact) mass is 214 g/mol. The van der Waals surface area contributed by atoms with Gasteiger partial charge in [-0.1, -0.05) is 25.7 Å². The van der Waals surface area contributed by atoms with Crippen molar-refractivity contribution in [3.05, 3.63) is 0 Å². The number of rotatable bonds is 4. The van der Waals surface area contributed by atoms with E-state index in [0.717, 1.165) is 12.4 Å². The molecule has 2 heteroatoms. The molecule has 0 aromatic heterocycles. The van der Waals surface area contributed by atoms with Crippen molar-refractivity contribution in [2.24, 2.45) is 5.41 Å². The second-order valence-corrected chi connectivity index (χ2v) is 5.40. The third kappa shape index (κ3) is 2.46. The first kappa shape index (κ1) is 10.8. The zero-order chi connectivity index (χ0) is 9.86. The summed E-state index contributed by atoms with van der Waals surface area (Å²) in [7, 11) is 0. The molecule has 0 saturated heterocycles. The van der Waals surface area contributed by atoms with Gasteiger partial charge in [-0.2, -0.15) is 12.6 Å². The third-order valence-electron chi connectivity index (χ3n) is 3.93. The molecule has 2 aliphatic rings. The Labute approximate surface area is 93.0 Å². The van der Waals surface area contributed by atoms with E-state index in [1.165, 1.54) is 51.4 Å². The zero-order valence-electron chi connectivity index (χ0n) is 9.00. The average Bonchev–Trinajstić information content (AvgIpc) is 2.19. The summed E-state index contributed by atoms with van der Waals surface area (Å²) in [6, 6.07) is 0. The number of ether oxygens (including phenoxy) is 1.